The number of carbonyl (C=O) groups excluding carboxylic acids is 2. The van der Waals surface area contributed by atoms with Crippen molar-refractivity contribution in [1.29, 1.82) is 0 Å². The molecule has 8 heteroatoms. The van der Waals surface area contributed by atoms with E-state index >= 15 is 0 Å². The largest absolute Gasteiger partial charge is 0.397 e. The van der Waals surface area contributed by atoms with E-state index in [4.69, 9.17) is 11.5 Å². The van der Waals surface area contributed by atoms with Crippen LogP contribution in [0.1, 0.15) is 20.7 Å². The molecule has 0 fully saturated rings. The van der Waals surface area contributed by atoms with Crippen molar-refractivity contribution in [2.75, 3.05) is 48.9 Å². The van der Waals surface area contributed by atoms with Crippen LogP contribution in [0.3, 0.4) is 0 Å². The molecule has 2 amide bonds. The summed E-state index contributed by atoms with van der Waals surface area (Å²) in [6, 6.07) is 10.3. The van der Waals surface area contributed by atoms with Crippen molar-refractivity contribution in [3.8, 4) is 0 Å². The second-order valence-electron chi connectivity index (χ2n) is 5.61. The average molecular weight is 356 g/mol. The molecule has 0 atom stereocenters. The first-order chi connectivity index (χ1) is 12.5. The fourth-order valence-corrected chi connectivity index (χ4v) is 2.46. The Morgan fingerprint density at radius 3 is 2.08 bits per heavy atom. The van der Waals surface area contributed by atoms with Crippen molar-refractivity contribution in [2.24, 2.45) is 5.73 Å². The monoisotopic (exact) mass is 356 g/mol. The van der Waals surface area contributed by atoms with Gasteiger partial charge in [-0.05, 0) is 36.4 Å². The highest BCUT2D eigenvalue weighted by atomic mass is 16.1. The molecule has 0 bridgehead atoms. The number of rotatable bonds is 8. The van der Waals surface area contributed by atoms with Gasteiger partial charge >= 0.3 is 0 Å². The molecule has 0 aliphatic rings. The zero-order chi connectivity index (χ0) is 19.1. The van der Waals surface area contributed by atoms with Gasteiger partial charge in [-0.2, -0.15) is 0 Å². The van der Waals surface area contributed by atoms with E-state index in [9.17, 15) is 9.59 Å². The number of primary amides is 1. The third kappa shape index (κ3) is 4.56. The summed E-state index contributed by atoms with van der Waals surface area (Å²) in [5.74, 6) is -0.644. The first-order valence-corrected chi connectivity index (χ1v) is 8.17. The van der Waals surface area contributed by atoms with Gasteiger partial charge in [0.15, 0.2) is 0 Å². The first-order valence-electron chi connectivity index (χ1n) is 8.17. The molecule has 138 valence electrons. The summed E-state index contributed by atoms with van der Waals surface area (Å²) in [6.45, 7) is 1.24. The van der Waals surface area contributed by atoms with Gasteiger partial charge in [-0.3, -0.25) is 9.59 Å². The predicted octanol–water partition coefficient (Wildman–Crippen LogP) is 1.29. The molecule has 0 aliphatic heterocycles. The number of benzene rings is 2. The molecular weight excluding hydrogens is 332 g/mol. The highest BCUT2D eigenvalue weighted by molar-refractivity contribution is 5.96. The van der Waals surface area contributed by atoms with Crippen LogP contribution in [0.4, 0.5) is 22.7 Å². The van der Waals surface area contributed by atoms with E-state index in [2.05, 4.69) is 21.3 Å². The molecule has 0 heterocycles. The molecule has 2 aromatic rings. The van der Waals surface area contributed by atoms with Gasteiger partial charge in [0.1, 0.15) is 0 Å². The Morgan fingerprint density at radius 1 is 0.885 bits per heavy atom. The molecule has 0 saturated heterocycles. The summed E-state index contributed by atoms with van der Waals surface area (Å²) < 4.78 is 0. The Bertz CT molecular complexity index is 806. The molecule has 8 nitrogen and oxygen atoms in total. The van der Waals surface area contributed by atoms with Crippen LogP contribution < -0.4 is 32.7 Å². The van der Waals surface area contributed by atoms with Gasteiger partial charge in [-0.1, -0.05) is 0 Å². The van der Waals surface area contributed by atoms with E-state index < -0.39 is 5.91 Å². The number of nitrogens with two attached hydrogens (primary N) is 2. The van der Waals surface area contributed by atoms with Gasteiger partial charge in [0.2, 0.25) is 5.91 Å². The van der Waals surface area contributed by atoms with Gasteiger partial charge in [0, 0.05) is 38.3 Å². The van der Waals surface area contributed by atoms with E-state index in [1.54, 1.807) is 50.5 Å². The molecule has 0 aliphatic carbocycles. The molecule has 0 aromatic heterocycles. The summed E-state index contributed by atoms with van der Waals surface area (Å²) >= 11 is 0. The van der Waals surface area contributed by atoms with Gasteiger partial charge in [0.05, 0.1) is 22.7 Å². The van der Waals surface area contributed by atoms with Crippen LogP contribution in [0, 0.1) is 0 Å². The normalized spacial score (nSPS) is 10.1. The van der Waals surface area contributed by atoms with Crippen molar-refractivity contribution < 1.29 is 9.59 Å². The highest BCUT2D eigenvalue weighted by Crippen LogP contribution is 2.23. The van der Waals surface area contributed by atoms with E-state index in [0.29, 0.717) is 29.9 Å². The van der Waals surface area contributed by atoms with E-state index in [0.717, 1.165) is 17.1 Å². The summed E-state index contributed by atoms with van der Waals surface area (Å²) in [7, 11) is 3.35. The van der Waals surface area contributed by atoms with Crippen LogP contribution in [0.15, 0.2) is 36.4 Å². The molecule has 0 spiro atoms. The van der Waals surface area contributed by atoms with Crippen molar-refractivity contribution in [2.45, 2.75) is 0 Å². The lowest BCUT2D eigenvalue weighted by atomic mass is 10.1. The maximum absolute atomic E-state index is 11.6. The SMILES string of the molecule is CNC(=O)c1ccc(NCCNc2ccc(C(N)=O)cc2NC)c(N)c1. The molecule has 26 heavy (non-hydrogen) atoms. The second-order valence-corrected chi connectivity index (χ2v) is 5.61. The minimum Gasteiger partial charge on any atom is -0.397 e. The minimum absolute atomic E-state index is 0.177. The summed E-state index contributed by atoms with van der Waals surface area (Å²) in [6.07, 6.45) is 0. The molecule has 0 radical (unpaired) electrons. The highest BCUT2D eigenvalue weighted by Gasteiger charge is 2.07. The number of nitrogens with one attached hydrogen (secondary N) is 4. The topological polar surface area (TPSA) is 134 Å². The molecular formula is C18H24N6O2. The van der Waals surface area contributed by atoms with Crippen molar-refractivity contribution in [3.63, 3.8) is 0 Å². The number of hydrogen-bond donors (Lipinski definition) is 6. The van der Waals surface area contributed by atoms with Crippen LogP contribution in [0.2, 0.25) is 0 Å². The van der Waals surface area contributed by atoms with Crippen LogP contribution in [-0.4, -0.2) is 39.0 Å². The van der Waals surface area contributed by atoms with Gasteiger partial charge < -0.3 is 32.7 Å². The first kappa shape index (κ1) is 18.9. The number of carbonyl (C=O) groups is 2. The van der Waals surface area contributed by atoms with Gasteiger partial charge in [-0.25, -0.2) is 0 Å². The third-order valence-electron chi connectivity index (χ3n) is 3.87. The maximum atomic E-state index is 11.6. The average Bonchev–Trinajstić information content (AvgIpc) is 2.65. The Labute approximate surface area is 152 Å². The lowest BCUT2D eigenvalue weighted by Gasteiger charge is -2.14. The Morgan fingerprint density at radius 2 is 1.50 bits per heavy atom. The molecule has 0 unspecified atom stereocenters. The summed E-state index contributed by atoms with van der Waals surface area (Å²) in [5.41, 5.74) is 15.2. The van der Waals surface area contributed by atoms with Crippen LogP contribution >= 0.6 is 0 Å². The third-order valence-corrected chi connectivity index (χ3v) is 3.87. The molecule has 8 N–H and O–H groups in total. The van der Waals surface area contributed by atoms with Crippen LogP contribution in [0.5, 0.6) is 0 Å². The minimum atomic E-state index is -0.467. The quantitative estimate of drug-likeness (QED) is 0.312. The maximum Gasteiger partial charge on any atom is 0.251 e. The van der Waals surface area contributed by atoms with Gasteiger partial charge in [0.25, 0.3) is 5.91 Å². The van der Waals surface area contributed by atoms with E-state index in [-0.39, 0.29) is 5.91 Å². The Hall–Kier alpha value is -3.42. The van der Waals surface area contributed by atoms with Crippen LogP contribution in [-0.2, 0) is 0 Å². The van der Waals surface area contributed by atoms with Crippen molar-refractivity contribution >= 4 is 34.6 Å². The van der Waals surface area contributed by atoms with Crippen molar-refractivity contribution in [1.82, 2.24) is 5.32 Å². The number of hydrogen-bond acceptors (Lipinski definition) is 6. The fraction of sp³-hybridized carbons (Fsp3) is 0.222. The zero-order valence-corrected chi connectivity index (χ0v) is 14.8. The standard InChI is InChI=1S/C18H24N6O2/c1-21-16-10-11(17(20)25)3-6-15(16)24-8-7-23-14-5-4-12(9-13(14)19)18(26)22-2/h3-6,9-10,21,23-24H,7-8,19H2,1-2H3,(H2,20,25)(H,22,26). The van der Waals surface area contributed by atoms with Crippen molar-refractivity contribution in [3.05, 3.63) is 47.5 Å². The van der Waals surface area contributed by atoms with Gasteiger partial charge in [-0.15, -0.1) is 0 Å². The molecule has 2 rings (SSSR count). The zero-order valence-electron chi connectivity index (χ0n) is 14.8. The van der Waals surface area contributed by atoms with Crippen LogP contribution in [0.25, 0.3) is 0 Å². The Kier molecular flexibility index (Phi) is 6.26. The van der Waals surface area contributed by atoms with E-state index in [1.165, 1.54) is 0 Å². The smallest absolute Gasteiger partial charge is 0.251 e. The lowest BCUT2D eigenvalue weighted by Crippen LogP contribution is -2.19. The molecule has 0 saturated carbocycles. The number of nitrogen functional groups attached to an aromatic ring is 1. The second kappa shape index (κ2) is 8.61. The number of amides is 2. The Balaban J connectivity index is 1.93. The fourth-order valence-electron chi connectivity index (χ4n) is 2.46. The summed E-state index contributed by atoms with van der Waals surface area (Å²) in [5, 5.41) is 12.1. The molecule has 2 aromatic carbocycles. The lowest BCUT2D eigenvalue weighted by molar-refractivity contribution is 0.0961. The predicted molar refractivity (Wildman–Crippen MR) is 106 cm³/mol. The van der Waals surface area contributed by atoms with E-state index in [1.807, 2.05) is 0 Å². The summed E-state index contributed by atoms with van der Waals surface area (Å²) in [4.78, 5) is 22.8. The number of anilines is 4.